The summed E-state index contributed by atoms with van der Waals surface area (Å²) in [6.45, 7) is 2.15. The van der Waals surface area contributed by atoms with Gasteiger partial charge in [-0.1, -0.05) is 0 Å². The molecule has 0 radical (unpaired) electrons. The Morgan fingerprint density at radius 3 is 2.75 bits per heavy atom. The standard InChI is InChI=1S/C9H11FO2/c1-2-12-9-4-7(6-11)3-8(10)5-9/h3-5,11H,2,6H2,1H3. The van der Waals surface area contributed by atoms with Crippen molar-refractivity contribution < 1.29 is 14.2 Å². The number of aliphatic hydroxyl groups is 1. The van der Waals surface area contributed by atoms with Crippen LogP contribution in [0.4, 0.5) is 4.39 Å². The molecule has 1 aromatic carbocycles. The predicted octanol–water partition coefficient (Wildman–Crippen LogP) is 1.72. The first kappa shape index (κ1) is 9.00. The molecule has 0 atom stereocenters. The lowest BCUT2D eigenvalue weighted by Crippen LogP contribution is -1.94. The molecule has 1 aromatic rings. The van der Waals surface area contributed by atoms with Crippen molar-refractivity contribution in [2.75, 3.05) is 6.61 Å². The van der Waals surface area contributed by atoms with Crippen LogP contribution in [0.15, 0.2) is 18.2 Å². The van der Waals surface area contributed by atoms with Gasteiger partial charge < -0.3 is 9.84 Å². The van der Waals surface area contributed by atoms with Crippen LogP contribution in [-0.2, 0) is 6.61 Å². The molecule has 0 bridgehead atoms. The lowest BCUT2D eigenvalue weighted by molar-refractivity contribution is 0.279. The van der Waals surface area contributed by atoms with E-state index in [9.17, 15) is 4.39 Å². The molecule has 0 fully saturated rings. The molecule has 0 amide bonds. The minimum absolute atomic E-state index is 0.169. The van der Waals surface area contributed by atoms with Gasteiger partial charge in [-0.05, 0) is 24.6 Å². The molecule has 0 saturated carbocycles. The molecule has 1 rings (SSSR count). The molecule has 0 aliphatic heterocycles. The van der Waals surface area contributed by atoms with E-state index in [0.29, 0.717) is 17.9 Å². The number of halogens is 1. The number of aliphatic hydroxyl groups excluding tert-OH is 1. The van der Waals surface area contributed by atoms with Crippen molar-refractivity contribution in [1.82, 2.24) is 0 Å². The third-order valence-electron chi connectivity index (χ3n) is 1.42. The molecule has 0 aliphatic carbocycles. The van der Waals surface area contributed by atoms with E-state index in [0.717, 1.165) is 0 Å². The van der Waals surface area contributed by atoms with E-state index < -0.39 is 0 Å². The van der Waals surface area contributed by atoms with Crippen LogP contribution >= 0.6 is 0 Å². The summed E-state index contributed by atoms with van der Waals surface area (Å²) in [7, 11) is 0. The van der Waals surface area contributed by atoms with E-state index in [4.69, 9.17) is 9.84 Å². The van der Waals surface area contributed by atoms with Crippen molar-refractivity contribution in [2.45, 2.75) is 13.5 Å². The highest BCUT2D eigenvalue weighted by atomic mass is 19.1. The predicted molar refractivity (Wildman–Crippen MR) is 43.5 cm³/mol. The van der Waals surface area contributed by atoms with E-state index >= 15 is 0 Å². The second kappa shape index (κ2) is 4.07. The number of hydrogen-bond acceptors (Lipinski definition) is 2. The first-order valence-corrected chi connectivity index (χ1v) is 3.79. The molecule has 1 N–H and O–H groups in total. The molecule has 2 nitrogen and oxygen atoms in total. The Morgan fingerprint density at radius 2 is 2.17 bits per heavy atom. The zero-order chi connectivity index (χ0) is 8.97. The van der Waals surface area contributed by atoms with Crippen LogP contribution in [0.1, 0.15) is 12.5 Å². The fourth-order valence-electron chi connectivity index (χ4n) is 0.962. The molecule has 66 valence electrons. The van der Waals surface area contributed by atoms with E-state index in [1.165, 1.54) is 12.1 Å². The van der Waals surface area contributed by atoms with Crippen LogP contribution in [-0.4, -0.2) is 11.7 Å². The number of rotatable bonds is 3. The summed E-state index contributed by atoms with van der Waals surface area (Å²) in [6.07, 6.45) is 0. The van der Waals surface area contributed by atoms with Gasteiger partial charge in [-0.2, -0.15) is 0 Å². The second-order valence-corrected chi connectivity index (χ2v) is 2.39. The second-order valence-electron chi connectivity index (χ2n) is 2.39. The van der Waals surface area contributed by atoms with Gasteiger partial charge in [-0.25, -0.2) is 4.39 Å². The normalized spacial score (nSPS) is 9.92. The Labute approximate surface area is 70.6 Å². The highest BCUT2D eigenvalue weighted by Crippen LogP contribution is 2.16. The fraction of sp³-hybridized carbons (Fsp3) is 0.333. The average Bonchev–Trinajstić information content (AvgIpc) is 2.04. The van der Waals surface area contributed by atoms with Crippen molar-refractivity contribution >= 4 is 0 Å². The van der Waals surface area contributed by atoms with Crippen LogP contribution in [0.5, 0.6) is 5.75 Å². The summed E-state index contributed by atoms with van der Waals surface area (Å²) >= 11 is 0. The number of benzene rings is 1. The van der Waals surface area contributed by atoms with Gasteiger partial charge in [0.1, 0.15) is 11.6 Å². The Balaban J connectivity index is 2.90. The maximum absolute atomic E-state index is 12.7. The van der Waals surface area contributed by atoms with Gasteiger partial charge in [-0.15, -0.1) is 0 Å². The molecule has 0 heterocycles. The Hall–Kier alpha value is -1.09. The lowest BCUT2D eigenvalue weighted by Gasteiger charge is -2.04. The Morgan fingerprint density at radius 1 is 1.42 bits per heavy atom. The Kier molecular flexibility index (Phi) is 3.05. The van der Waals surface area contributed by atoms with Crippen LogP contribution in [0.3, 0.4) is 0 Å². The van der Waals surface area contributed by atoms with Crippen molar-refractivity contribution in [3.63, 3.8) is 0 Å². The van der Waals surface area contributed by atoms with E-state index in [2.05, 4.69) is 0 Å². The van der Waals surface area contributed by atoms with Gasteiger partial charge in [0.25, 0.3) is 0 Å². The van der Waals surface area contributed by atoms with Crippen LogP contribution in [0, 0.1) is 5.82 Å². The summed E-state index contributed by atoms with van der Waals surface area (Å²) in [5.41, 5.74) is 0.526. The molecule has 0 spiro atoms. The van der Waals surface area contributed by atoms with Crippen LogP contribution < -0.4 is 4.74 Å². The van der Waals surface area contributed by atoms with Crippen molar-refractivity contribution in [3.8, 4) is 5.75 Å². The molecule has 0 aliphatic rings. The first-order valence-electron chi connectivity index (χ1n) is 3.79. The van der Waals surface area contributed by atoms with Gasteiger partial charge in [0.2, 0.25) is 0 Å². The van der Waals surface area contributed by atoms with Crippen LogP contribution in [0.2, 0.25) is 0 Å². The lowest BCUT2D eigenvalue weighted by atomic mass is 10.2. The average molecular weight is 170 g/mol. The third kappa shape index (κ3) is 2.20. The highest BCUT2D eigenvalue weighted by molar-refractivity contribution is 5.29. The largest absolute Gasteiger partial charge is 0.494 e. The van der Waals surface area contributed by atoms with Gasteiger partial charge >= 0.3 is 0 Å². The molecular weight excluding hydrogens is 159 g/mol. The van der Waals surface area contributed by atoms with Crippen molar-refractivity contribution in [3.05, 3.63) is 29.6 Å². The molecular formula is C9H11FO2. The Bertz CT molecular complexity index is 261. The zero-order valence-electron chi connectivity index (χ0n) is 6.88. The van der Waals surface area contributed by atoms with Gasteiger partial charge in [-0.3, -0.25) is 0 Å². The molecule has 3 heteroatoms. The summed E-state index contributed by atoms with van der Waals surface area (Å²) in [5, 5.41) is 8.73. The smallest absolute Gasteiger partial charge is 0.127 e. The van der Waals surface area contributed by atoms with Gasteiger partial charge in [0.05, 0.1) is 13.2 Å². The van der Waals surface area contributed by atoms with E-state index in [-0.39, 0.29) is 12.4 Å². The number of ether oxygens (including phenoxy) is 1. The van der Waals surface area contributed by atoms with Crippen molar-refractivity contribution in [1.29, 1.82) is 0 Å². The monoisotopic (exact) mass is 170 g/mol. The molecule has 0 saturated heterocycles. The van der Waals surface area contributed by atoms with Crippen molar-refractivity contribution in [2.24, 2.45) is 0 Å². The maximum Gasteiger partial charge on any atom is 0.127 e. The van der Waals surface area contributed by atoms with Gasteiger partial charge in [0.15, 0.2) is 0 Å². The summed E-state index contributed by atoms with van der Waals surface area (Å²) in [6, 6.07) is 4.19. The highest BCUT2D eigenvalue weighted by Gasteiger charge is 1.99. The third-order valence-corrected chi connectivity index (χ3v) is 1.42. The zero-order valence-corrected chi connectivity index (χ0v) is 6.88. The van der Waals surface area contributed by atoms with Crippen LogP contribution in [0.25, 0.3) is 0 Å². The SMILES string of the molecule is CCOc1cc(F)cc(CO)c1. The number of hydrogen-bond donors (Lipinski definition) is 1. The van der Waals surface area contributed by atoms with E-state index in [1.807, 2.05) is 6.92 Å². The quantitative estimate of drug-likeness (QED) is 0.748. The molecule has 0 unspecified atom stereocenters. The molecule has 12 heavy (non-hydrogen) atoms. The fourth-order valence-corrected chi connectivity index (χ4v) is 0.962. The topological polar surface area (TPSA) is 29.5 Å². The van der Waals surface area contributed by atoms with Gasteiger partial charge in [0, 0.05) is 6.07 Å². The summed E-state index contributed by atoms with van der Waals surface area (Å²) in [5.74, 6) is 0.0755. The van der Waals surface area contributed by atoms with E-state index in [1.54, 1.807) is 6.07 Å². The minimum Gasteiger partial charge on any atom is -0.494 e. The summed E-state index contributed by atoms with van der Waals surface area (Å²) < 4.78 is 17.8. The minimum atomic E-state index is -0.384. The molecule has 0 aromatic heterocycles. The first-order chi connectivity index (χ1) is 5.76. The summed E-state index contributed by atoms with van der Waals surface area (Å²) in [4.78, 5) is 0. The maximum atomic E-state index is 12.7.